The van der Waals surface area contributed by atoms with Crippen molar-refractivity contribution in [1.29, 1.82) is 0 Å². The van der Waals surface area contributed by atoms with E-state index < -0.39 is 86.8 Å². The molecule has 12 atom stereocenters. The van der Waals surface area contributed by atoms with E-state index in [1.807, 2.05) is 0 Å². The van der Waals surface area contributed by atoms with Crippen LogP contribution >= 0.6 is 0 Å². The molecule has 14 heteroatoms. The summed E-state index contributed by atoms with van der Waals surface area (Å²) in [6, 6.07) is -0.928. The van der Waals surface area contributed by atoms with Gasteiger partial charge in [-0.25, -0.2) is 0 Å². The van der Waals surface area contributed by atoms with Crippen molar-refractivity contribution in [3.63, 3.8) is 0 Å². The fourth-order valence-electron chi connectivity index (χ4n) is 4.82. The number of aliphatic hydroxyl groups is 8. The molecule has 0 aromatic heterocycles. The lowest BCUT2D eigenvalue weighted by molar-refractivity contribution is -0.359. The second kappa shape index (κ2) is 21.2. The van der Waals surface area contributed by atoms with Gasteiger partial charge in [0.1, 0.15) is 48.8 Å². The molecule has 0 aliphatic carbocycles. The van der Waals surface area contributed by atoms with Crippen LogP contribution in [0, 0.1) is 0 Å². The number of hydrogen-bond donors (Lipinski definition) is 9. The molecule has 0 aromatic rings. The summed E-state index contributed by atoms with van der Waals surface area (Å²) in [6.45, 7) is 2.03. The van der Waals surface area contributed by atoms with E-state index in [2.05, 4.69) is 36.5 Å². The van der Waals surface area contributed by atoms with Crippen LogP contribution in [0.25, 0.3) is 0 Å². The van der Waals surface area contributed by atoms with Crippen LogP contribution < -0.4 is 5.32 Å². The molecule has 2 fully saturated rings. The summed E-state index contributed by atoms with van der Waals surface area (Å²) in [6.07, 6.45) is 0.605. The van der Waals surface area contributed by atoms with Crippen LogP contribution in [0.3, 0.4) is 0 Å². The Bertz CT molecular complexity index is 914. The average Bonchev–Trinajstić information content (AvgIpc) is 3.04. The minimum atomic E-state index is -1.79. The van der Waals surface area contributed by atoms with Gasteiger partial charge in [0.2, 0.25) is 5.91 Å². The molecule has 2 heterocycles. The lowest BCUT2D eigenvalue weighted by Crippen LogP contribution is -2.65. The maximum absolute atomic E-state index is 12.1. The molecule has 2 rings (SSSR count). The summed E-state index contributed by atoms with van der Waals surface area (Å²) < 4.78 is 22.1. The zero-order valence-electron chi connectivity index (χ0n) is 26.1. The molecule has 12 unspecified atom stereocenters. The van der Waals surface area contributed by atoms with Crippen molar-refractivity contribution in [3.8, 4) is 0 Å². The fraction of sp³-hybridized carbons (Fsp3) is 0.774. The number of unbranched alkanes of at least 4 members (excludes halogenated alkanes) is 3. The van der Waals surface area contributed by atoms with Crippen LogP contribution in [-0.4, -0.2) is 140 Å². The van der Waals surface area contributed by atoms with Gasteiger partial charge in [-0.2, -0.15) is 0 Å². The Balaban J connectivity index is 1.95. The maximum Gasteiger partial charge on any atom is 0.220 e. The molecule has 2 aliphatic heterocycles. The third-order valence-corrected chi connectivity index (χ3v) is 7.60. The average molecular weight is 648 g/mol. The minimum absolute atomic E-state index is 0.149. The normalized spacial score (nSPS) is 34.1. The molecule has 1 amide bonds. The molecular weight excluding hydrogens is 594 g/mol. The highest BCUT2D eigenvalue weighted by molar-refractivity contribution is 5.75. The number of carbonyl (C=O) groups excluding carboxylic acids is 1. The smallest absolute Gasteiger partial charge is 0.220 e. The number of rotatable bonds is 19. The molecular formula is C31H53NO13. The first-order valence-electron chi connectivity index (χ1n) is 15.7. The van der Waals surface area contributed by atoms with Crippen molar-refractivity contribution in [2.75, 3.05) is 19.8 Å². The summed E-state index contributed by atoms with van der Waals surface area (Å²) in [5.41, 5.74) is 0. The monoisotopic (exact) mass is 647 g/mol. The van der Waals surface area contributed by atoms with Gasteiger partial charge < -0.3 is 65.1 Å². The molecule has 2 aliphatic rings. The first-order chi connectivity index (χ1) is 21.6. The largest absolute Gasteiger partial charge is 0.394 e. The predicted octanol–water partition coefficient (Wildman–Crippen LogP) is -1.09. The van der Waals surface area contributed by atoms with Crippen LogP contribution in [-0.2, 0) is 23.7 Å². The van der Waals surface area contributed by atoms with Gasteiger partial charge in [0, 0.05) is 6.42 Å². The molecule has 45 heavy (non-hydrogen) atoms. The zero-order valence-corrected chi connectivity index (χ0v) is 26.1. The molecule has 0 aromatic carbocycles. The van der Waals surface area contributed by atoms with Crippen LogP contribution in [0.1, 0.15) is 58.8 Å². The predicted molar refractivity (Wildman–Crippen MR) is 161 cm³/mol. The molecule has 9 N–H and O–H groups in total. The highest BCUT2D eigenvalue weighted by Crippen LogP contribution is 2.29. The van der Waals surface area contributed by atoms with Crippen LogP contribution in [0.15, 0.2) is 36.5 Å². The van der Waals surface area contributed by atoms with Crippen molar-refractivity contribution in [2.24, 2.45) is 0 Å². The molecule has 0 bridgehead atoms. The zero-order chi connectivity index (χ0) is 33.4. The lowest BCUT2D eigenvalue weighted by Gasteiger charge is -2.46. The van der Waals surface area contributed by atoms with E-state index in [4.69, 9.17) is 18.9 Å². The third-order valence-electron chi connectivity index (χ3n) is 7.60. The summed E-state index contributed by atoms with van der Waals surface area (Å²) in [5.74, 6) is -0.349. The Morgan fingerprint density at radius 3 is 1.89 bits per heavy atom. The summed E-state index contributed by atoms with van der Waals surface area (Å²) in [5, 5.41) is 84.6. The Morgan fingerprint density at radius 2 is 1.31 bits per heavy atom. The highest BCUT2D eigenvalue weighted by Gasteiger charge is 2.50. The number of hydrogen-bond acceptors (Lipinski definition) is 13. The van der Waals surface area contributed by atoms with Crippen LogP contribution in [0.4, 0.5) is 0 Å². The molecule has 0 spiro atoms. The van der Waals surface area contributed by atoms with E-state index in [0.717, 1.165) is 32.1 Å². The molecule has 0 saturated carbocycles. The fourth-order valence-corrected chi connectivity index (χ4v) is 4.82. The summed E-state index contributed by atoms with van der Waals surface area (Å²) in [7, 11) is 0. The highest BCUT2D eigenvalue weighted by atomic mass is 16.7. The summed E-state index contributed by atoms with van der Waals surface area (Å²) >= 11 is 0. The van der Waals surface area contributed by atoms with Crippen molar-refractivity contribution < 1.29 is 64.6 Å². The number of ether oxygens (including phenoxy) is 4. The van der Waals surface area contributed by atoms with Gasteiger partial charge in [-0.15, -0.1) is 0 Å². The van der Waals surface area contributed by atoms with E-state index in [9.17, 15) is 45.6 Å². The third kappa shape index (κ3) is 12.4. The Hall–Kier alpha value is -1.79. The molecule has 260 valence electrons. The number of nitrogens with one attached hydrogen (secondary N) is 1. The Kier molecular flexibility index (Phi) is 18.5. The van der Waals surface area contributed by atoms with Gasteiger partial charge in [0.15, 0.2) is 12.6 Å². The van der Waals surface area contributed by atoms with Crippen molar-refractivity contribution in [2.45, 2.75) is 132 Å². The van der Waals surface area contributed by atoms with E-state index in [1.54, 1.807) is 19.1 Å². The number of aliphatic hydroxyl groups excluding tert-OH is 8. The SMILES string of the molecule is CCC/C=C/CC/C=C/CC/C=C/C(O)C(COC1OC(CO)C(OC2OC(CO)C(O)C(O)C2O)C(O)C1O)NC(=O)CC. The number of allylic oxidation sites excluding steroid dienone is 5. The van der Waals surface area contributed by atoms with Gasteiger partial charge in [-0.3, -0.25) is 4.79 Å². The second-order valence-corrected chi connectivity index (χ2v) is 11.2. The van der Waals surface area contributed by atoms with Gasteiger partial charge in [0.05, 0.1) is 32.0 Å². The van der Waals surface area contributed by atoms with Gasteiger partial charge in [0.25, 0.3) is 0 Å². The Morgan fingerprint density at radius 1 is 0.756 bits per heavy atom. The number of carbonyl (C=O) groups is 1. The lowest BCUT2D eigenvalue weighted by atomic mass is 9.97. The Labute approximate surface area is 264 Å². The van der Waals surface area contributed by atoms with E-state index in [1.165, 1.54) is 0 Å². The standard InChI is InChI=1S/C31H53NO13/c1-3-5-6-7-8-9-10-11-12-13-14-15-20(35)19(32-23(36)4-2)18-42-30-28(41)26(39)29(22(17-34)44-30)45-31-27(40)25(38)24(37)21(16-33)43-31/h6-7,10-11,14-15,19-22,24-31,33-35,37-41H,3-5,8-9,12-13,16-18H2,1-2H3,(H,32,36)/b7-6+,11-10+,15-14+. The first kappa shape index (κ1) is 39.4. The van der Waals surface area contributed by atoms with Gasteiger partial charge >= 0.3 is 0 Å². The van der Waals surface area contributed by atoms with Gasteiger partial charge in [-0.1, -0.05) is 56.7 Å². The minimum Gasteiger partial charge on any atom is -0.394 e. The second-order valence-electron chi connectivity index (χ2n) is 11.2. The first-order valence-corrected chi connectivity index (χ1v) is 15.7. The van der Waals surface area contributed by atoms with Crippen LogP contribution in [0.5, 0.6) is 0 Å². The molecule has 0 radical (unpaired) electrons. The van der Waals surface area contributed by atoms with Crippen LogP contribution in [0.2, 0.25) is 0 Å². The van der Waals surface area contributed by atoms with Gasteiger partial charge in [-0.05, 0) is 32.1 Å². The number of amides is 1. The quantitative estimate of drug-likeness (QED) is 0.0601. The van der Waals surface area contributed by atoms with Crippen molar-refractivity contribution in [3.05, 3.63) is 36.5 Å². The topological polar surface area (TPSA) is 228 Å². The molecule has 2 saturated heterocycles. The molecule has 14 nitrogen and oxygen atoms in total. The maximum atomic E-state index is 12.1. The summed E-state index contributed by atoms with van der Waals surface area (Å²) in [4.78, 5) is 12.1. The van der Waals surface area contributed by atoms with E-state index in [-0.39, 0.29) is 18.9 Å². The van der Waals surface area contributed by atoms with E-state index in [0.29, 0.717) is 6.42 Å². The van der Waals surface area contributed by atoms with Crippen molar-refractivity contribution >= 4 is 5.91 Å². The van der Waals surface area contributed by atoms with E-state index >= 15 is 0 Å². The van der Waals surface area contributed by atoms with Crippen molar-refractivity contribution in [1.82, 2.24) is 5.32 Å².